The molecule has 2 heterocycles. The Labute approximate surface area is 176 Å². The molecule has 0 saturated carbocycles. The smallest absolute Gasteiger partial charge is 0.194 e. The number of rotatable bonds is 7. The molecule has 1 N–H and O–H groups in total. The number of nitrogens with zero attached hydrogens (tertiary/aromatic N) is 4. The van der Waals surface area contributed by atoms with Crippen LogP contribution in [0.25, 0.3) is 0 Å². The Morgan fingerprint density at radius 2 is 2.07 bits per heavy atom. The van der Waals surface area contributed by atoms with Gasteiger partial charge in [0.25, 0.3) is 0 Å². The Kier molecular flexibility index (Phi) is 7.97. The lowest BCUT2D eigenvalue weighted by molar-refractivity contribution is 0.0179. The number of aryl methyl sites for hydroxylation is 1. The molecule has 6 nitrogen and oxygen atoms in total. The molecule has 0 aliphatic carbocycles. The number of hydrogen-bond acceptors (Lipinski definition) is 5. The number of morpholine rings is 1. The summed E-state index contributed by atoms with van der Waals surface area (Å²) in [5.41, 5.74) is 2.12. The third kappa shape index (κ3) is 6.22. The van der Waals surface area contributed by atoms with E-state index in [1.54, 1.807) is 11.3 Å². The Hall–Kier alpha value is -2.03. The van der Waals surface area contributed by atoms with Gasteiger partial charge in [0.1, 0.15) is 5.82 Å². The van der Waals surface area contributed by atoms with Crippen LogP contribution >= 0.6 is 11.3 Å². The monoisotopic (exact) mass is 419 g/mol. The van der Waals surface area contributed by atoms with Crippen LogP contribution in [0.2, 0.25) is 0 Å². The first-order chi connectivity index (χ1) is 14.1. The molecule has 2 aromatic rings. The fraction of sp³-hybridized carbons (Fsp3) is 0.524. The van der Waals surface area contributed by atoms with Gasteiger partial charge in [-0.05, 0) is 31.5 Å². The highest BCUT2D eigenvalue weighted by Crippen LogP contribution is 2.23. The average Bonchev–Trinajstić information content (AvgIpc) is 3.14. The van der Waals surface area contributed by atoms with Crippen molar-refractivity contribution in [1.82, 2.24) is 20.1 Å². The Bertz CT molecular complexity index is 789. The van der Waals surface area contributed by atoms with E-state index < -0.39 is 0 Å². The number of aliphatic imine (C=N–C) groups is 1. The molecule has 3 rings (SSSR count). The highest BCUT2D eigenvalue weighted by Gasteiger charge is 2.23. The van der Waals surface area contributed by atoms with Crippen LogP contribution in [0.15, 0.2) is 34.6 Å². The van der Waals surface area contributed by atoms with Crippen molar-refractivity contribution in [3.05, 3.63) is 51.7 Å². The van der Waals surface area contributed by atoms with E-state index in [0.717, 1.165) is 41.9 Å². The van der Waals surface area contributed by atoms with E-state index in [0.29, 0.717) is 26.3 Å². The summed E-state index contributed by atoms with van der Waals surface area (Å²) in [5, 5.41) is 6.53. The van der Waals surface area contributed by atoms with Gasteiger partial charge in [0, 0.05) is 32.1 Å². The molecule has 1 aliphatic rings. The molecule has 0 radical (unpaired) electrons. The van der Waals surface area contributed by atoms with E-state index in [-0.39, 0.29) is 11.9 Å². The van der Waals surface area contributed by atoms with Crippen molar-refractivity contribution in [2.24, 2.45) is 4.99 Å². The number of guanidine groups is 1. The van der Waals surface area contributed by atoms with Crippen molar-refractivity contribution < 1.29 is 9.13 Å². The zero-order valence-electron chi connectivity index (χ0n) is 17.4. The second-order valence-electron chi connectivity index (χ2n) is 7.12. The Morgan fingerprint density at radius 3 is 2.69 bits per heavy atom. The third-order valence-electron chi connectivity index (χ3n) is 4.92. The second-order valence-corrected chi connectivity index (χ2v) is 8.19. The van der Waals surface area contributed by atoms with Crippen molar-refractivity contribution >= 4 is 17.3 Å². The maximum absolute atomic E-state index is 13.4. The van der Waals surface area contributed by atoms with Gasteiger partial charge in [-0.2, -0.15) is 0 Å². The summed E-state index contributed by atoms with van der Waals surface area (Å²) < 4.78 is 19.0. The fourth-order valence-electron chi connectivity index (χ4n) is 3.45. The number of hydrogen-bond donors (Lipinski definition) is 1. The van der Waals surface area contributed by atoms with Gasteiger partial charge in [0.2, 0.25) is 0 Å². The standard InChI is InChI=1S/C21H30FN5OS/c1-4-23-21(26(3)14-19-15-29-16(2)25-19)24-13-20(27-9-11-28-12-10-27)17-5-7-18(22)8-6-17/h5-8,15,20H,4,9-14H2,1-3H3,(H,23,24). The van der Waals surface area contributed by atoms with Gasteiger partial charge in [-0.1, -0.05) is 12.1 Å². The van der Waals surface area contributed by atoms with Gasteiger partial charge in [0.05, 0.1) is 43.0 Å². The molecule has 1 saturated heterocycles. The predicted octanol–water partition coefficient (Wildman–Crippen LogP) is 3.06. The van der Waals surface area contributed by atoms with E-state index in [9.17, 15) is 4.39 Å². The van der Waals surface area contributed by atoms with Crippen molar-refractivity contribution in [3.63, 3.8) is 0 Å². The molecule has 0 amide bonds. The van der Waals surface area contributed by atoms with Crippen LogP contribution in [-0.4, -0.2) is 67.2 Å². The molecular weight excluding hydrogens is 389 g/mol. The van der Waals surface area contributed by atoms with Gasteiger partial charge in [-0.15, -0.1) is 11.3 Å². The van der Waals surface area contributed by atoms with Crippen LogP contribution in [0.3, 0.4) is 0 Å². The SMILES string of the molecule is CCNC(=NCC(c1ccc(F)cc1)N1CCOCC1)N(C)Cc1csc(C)n1. The molecule has 1 atom stereocenters. The normalized spacial score (nSPS) is 16.6. The summed E-state index contributed by atoms with van der Waals surface area (Å²) in [7, 11) is 2.03. The maximum Gasteiger partial charge on any atom is 0.194 e. The lowest BCUT2D eigenvalue weighted by Gasteiger charge is -2.34. The molecule has 158 valence electrons. The summed E-state index contributed by atoms with van der Waals surface area (Å²) in [4.78, 5) is 13.9. The van der Waals surface area contributed by atoms with Crippen molar-refractivity contribution in [1.29, 1.82) is 0 Å². The molecule has 0 spiro atoms. The number of aromatic nitrogens is 1. The summed E-state index contributed by atoms with van der Waals surface area (Å²) >= 11 is 1.66. The van der Waals surface area contributed by atoms with E-state index in [2.05, 4.69) is 32.4 Å². The number of benzene rings is 1. The van der Waals surface area contributed by atoms with Gasteiger partial charge < -0.3 is 15.0 Å². The highest BCUT2D eigenvalue weighted by atomic mass is 32.1. The zero-order valence-corrected chi connectivity index (χ0v) is 18.2. The van der Waals surface area contributed by atoms with Crippen LogP contribution in [0.4, 0.5) is 4.39 Å². The quantitative estimate of drug-likeness (QED) is 0.552. The van der Waals surface area contributed by atoms with Crippen LogP contribution in [0.5, 0.6) is 0 Å². The summed E-state index contributed by atoms with van der Waals surface area (Å²) in [6, 6.07) is 6.85. The van der Waals surface area contributed by atoms with Gasteiger partial charge in [-0.3, -0.25) is 9.89 Å². The van der Waals surface area contributed by atoms with Crippen molar-refractivity contribution in [2.75, 3.05) is 46.4 Å². The first-order valence-electron chi connectivity index (χ1n) is 10.0. The first-order valence-corrected chi connectivity index (χ1v) is 10.9. The Morgan fingerprint density at radius 1 is 1.34 bits per heavy atom. The number of ether oxygens (including phenoxy) is 1. The lowest BCUT2D eigenvalue weighted by atomic mass is 10.0. The largest absolute Gasteiger partial charge is 0.379 e. The van der Waals surface area contributed by atoms with E-state index in [4.69, 9.17) is 9.73 Å². The molecule has 1 fully saturated rings. The molecule has 1 unspecified atom stereocenters. The first kappa shape index (κ1) is 21.7. The van der Waals surface area contributed by atoms with Gasteiger partial charge in [-0.25, -0.2) is 9.37 Å². The molecule has 29 heavy (non-hydrogen) atoms. The number of nitrogens with one attached hydrogen (secondary N) is 1. The highest BCUT2D eigenvalue weighted by molar-refractivity contribution is 7.09. The average molecular weight is 420 g/mol. The molecule has 1 aromatic carbocycles. The summed E-state index contributed by atoms with van der Waals surface area (Å²) in [6.07, 6.45) is 0. The van der Waals surface area contributed by atoms with Crippen molar-refractivity contribution in [2.45, 2.75) is 26.4 Å². The van der Waals surface area contributed by atoms with Crippen LogP contribution < -0.4 is 5.32 Å². The molecular formula is C21H30FN5OS. The van der Waals surface area contributed by atoms with E-state index in [1.807, 2.05) is 26.1 Å². The summed E-state index contributed by atoms with van der Waals surface area (Å²) in [6.45, 7) is 9.29. The van der Waals surface area contributed by atoms with Gasteiger partial charge in [0.15, 0.2) is 5.96 Å². The zero-order chi connectivity index (χ0) is 20.6. The molecule has 0 bridgehead atoms. The maximum atomic E-state index is 13.4. The second kappa shape index (κ2) is 10.7. The lowest BCUT2D eigenvalue weighted by Crippen LogP contribution is -2.42. The minimum Gasteiger partial charge on any atom is -0.379 e. The third-order valence-corrected chi connectivity index (χ3v) is 5.74. The van der Waals surface area contributed by atoms with Crippen LogP contribution in [0.1, 0.15) is 29.2 Å². The predicted molar refractivity (Wildman–Crippen MR) is 116 cm³/mol. The Balaban J connectivity index is 1.77. The molecule has 1 aromatic heterocycles. The molecule has 8 heteroatoms. The van der Waals surface area contributed by atoms with Crippen LogP contribution in [-0.2, 0) is 11.3 Å². The number of halogens is 1. The van der Waals surface area contributed by atoms with E-state index in [1.165, 1.54) is 12.1 Å². The fourth-order valence-corrected chi connectivity index (χ4v) is 4.05. The minimum absolute atomic E-state index is 0.0862. The van der Waals surface area contributed by atoms with Gasteiger partial charge >= 0.3 is 0 Å². The summed E-state index contributed by atoms with van der Waals surface area (Å²) in [5.74, 6) is 0.628. The number of thiazole rings is 1. The van der Waals surface area contributed by atoms with E-state index >= 15 is 0 Å². The van der Waals surface area contributed by atoms with Crippen LogP contribution in [0, 0.1) is 12.7 Å². The van der Waals surface area contributed by atoms with Crippen molar-refractivity contribution in [3.8, 4) is 0 Å². The molecule has 1 aliphatic heterocycles. The topological polar surface area (TPSA) is 53.0 Å². The minimum atomic E-state index is -0.218.